The van der Waals surface area contributed by atoms with Crippen molar-refractivity contribution in [2.45, 2.75) is 12.8 Å². The van der Waals surface area contributed by atoms with E-state index < -0.39 is 0 Å². The molecule has 0 aliphatic heterocycles. The van der Waals surface area contributed by atoms with Crippen LogP contribution in [0.3, 0.4) is 0 Å². The van der Waals surface area contributed by atoms with Gasteiger partial charge in [-0.1, -0.05) is 12.1 Å². The summed E-state index contributed by atoms with van der Waals surface area (Å²) in [4.78, 5) is 28.0. The van der Waals surface area contributed by atoms with E-state index in [1.54, 1.807) is 24.1 Å². The molecule has 6 heteroatoms. The third-order valence-electron chi connectivity index (χ3n) is 3.37. The second-order valence-electron chi connectivity index (χ2n) is 4.90. The molecule has 2 aromatic rings. The molecule has 0 aliphatic rings. The summed E-state index contributed by atoms with van der Waals surface area (Å²) >= 11 is 0. The molecule has 2 rings (SSSR count). The molecule has 0 aliphatic carbocycles. The van der Waals surface area contributed by atoms with Crippen LogP contribution >= 0.6 is 0 Å². The van der Waals surface area contributed by atoms with Crippen LogP contribution in [-0.2, 0) is 9.53 Å². The second kappa shape index (κ2) is 6.30. The van der Waals surface area contributed by atoms with Gasteiger partial charge in [-0.3, -0.25) is 9.59 Å². The number of benzene rings is 1. The highest BCUT2D eigenvalue weighted by Crippen LogP contribution is 2.21. The van der Waals surface area contributed by atoms with Crippen molar-refractivity contribution in [1.29, 1.82) is 0 Å². The van der Waals surface area contributed by atoms with Gasteiger partial charge in [-0.25, -0.2) is 0 Å². The van der Waals surface area contributed by atoms with E-state index in [9.17, 15) is 9.59 Å². The SMILES string of the molecule is COC(=O)CCCN(C)C(=O)c1cc2cccc(N)c2[nH]1. The molecule has 6 nitrogen and oxygen atoms in total. The van der Waals surface area contributed by atoms with E-state index in [1.165, 1.54) is 7.11 Å². The lowest BCUT2D eigenvalue weighted by molar-refractivity contribution is -0.140. The van der Waals surface area contributed by atoms with Crippen LogP contribution in [0.1, 0.15) is 23.3 Å². The summed E-state index contributed by atoms with van der Waals surface area (Å²) in [6.07, 6.45) is 0.866. The van der Waals surface area contributed by atoms with Crippen LogP contribution in [0.4, 0.5) is 5.69 Å². The first-order chi connectivity index (χ1) is 10.0. The van der Waals surface area contributed by atoms with Crippen LogP contribution < -0.4 is 5.73 Å². The normalized spacial score (nSPS) is 10.6. The Morgan fingerprint density at radius 2 is 2.14 bits per heavy atom. The maximum absolute atomic E-state index is 12.3. The van der Waals surface area contributed by atoms with E-state index >= 15 is 0 Å². The molecule has 0 atom stereocenters. The number of H-pyrrole nitrogens is 1. The lowest BCUT2D eigenvalue weighted by Gasteiger charge is -2.15. The molecule has 21 heavy (non-hydrogen) atoms. The molecule has 0 unspecified atom stereocenters. The van der Waals surface area contributed by atoms with Gasteiger partial charge in [0, 0.05) is 25.4 Å². The summed E-state index contributed by atoms with van der Waals surface area (Å²) < 4.78 is 4.57. The van der Waals surface area contributed by atoms with Gasteiger partial charge in [-0.05, 0) is 18.6 Å². The molecule has 112 valence electrons. The molecule has 0 spiro atoms. The Morgan fingerprint density at radius 1 is 1.38 bits per heavy atom. The maximum atomic E-state index is 12.3. The minimum Gasteiger partial charge on any atom is -0.469 e. The summed E-state index contributed by atoms with van der Waals surface area (Å²) in [6, 6.07) is 7.31. The average Bonchev–Trinajstić information content (AvgIpc) is 2.91. The number of aromatic amines is 1. The van der Waals surface area contributed by atoms with Crippen LogP contribution in [-0.4, -0.2) is 42.5 Å². The van der Waals surface area contributed by atoms with E-state index in [0.29, 0.717) is 30.8 Å². The fraction of sp³-hybridized carbons (Fsp3) is 0.333. The van der Waals surface area contributed by atoms with Crippen molar-refractivity contribution in [3.8, 4) is 0 Å². The largest absolute Gasteiger partial charge is 0.469 e. The molecule has 3 N–H and O–H groups in total. The van der Waals surface area contributed by atoms with E-state index in [0.717, 1.165) is 10.9 Å². The van der Waals surface area contributed by atoms with Gasteiger partial charge in [0.2, 0.25) is 0 Å². The van der Waals surface area contributed by atoms with Crippen LogP contribution in [0.2, 0.25) is 0 Å². The molecule has 0 saturated heterocycles. The van der Waals surface area contributed by atoms with Gasteiger partial charge in [-0.15, -0.1) is 0 Å². The predicted octanol–water partition coefficient (Wildman–Crippen LogP) is 1.78. The van der Waals surface area contributed by atoms with Crippen LogP contribution in [0.15, 0.2) is 24.3 Å². The monoisotopic (exact) mass is 289 g/mol. The number of para-hydroxylation sites is 1. The minimum atomic E-state index is -0.269. The first-order valence-corrected chi connectivity index (χ1v) is 6.72. The fourth-order valence-corrected chi connectivity index (χ4v) is 2.16. The van der Waals surface area contributed by atoms with Gasteiger partial charge in [-0.2, -0.15) is 0 Å². The number of anilines is 1. The number of nitrogens with one attached hydrogen (secondary N) is 1. The maximum Gasteiger partial charge on any atom is 0.305 e. The Bertz CT molecular complexity index is 663. The third kappa shape index (κ3) is 3.34. The van der Waals surface area contributed by atoms with Gasteiger partial charge in [0.15, 0.2) is 0 Å². The first-order valence-electron chi connectivity index (χ1n) is 6.72. The van der Waals surface area contributed by atoms with Gasteiger partial charge in [0.05, 0.1) is 18.3 Å². The summed E-state index contributed by atoms with van der Waals surface area (Å²) in [6.45, 7) is 0.485. The van der Waals surface area contributed by atoms with Crippen molar-refractivity contribution in [2.24, 2.45) is 0 Å². The topological polar surface area (TPSA) is 88.4 Å². The first kappa shape index (κ1) is 14.9. The summed E-state index contributed by atoms with van der Waals surface area (Å²) in [5.41, 5.74) is 7.73. The van der Waals surface area contributed by atoms with Crippen molar-refractivity contribution in [1.82, 2.24) is 9.88 Å². The Labute approximate surface area is 122 Å². The highest BCUT2D eigenvalue weighted by atomic mass is 16.5. The molecule has 0 radical (unpaired) electrons. The molecule has 1 heterocycles. The minimum absolute atomic E-state index is 0.129. The number of ether oxygens (including phenoxy) is 1. The van der Waals surface area contributed by atoms with Crippen molar-refractivity contribution < 1.29 is 14.3 Å². The number of fused-ring (bicyclic) bond motifs is 1. The molecule has 0 fully saturated rings. The summed E-state index contributed by atoms with van der Waals surface area (Å²) in [7, 11) is 3.06. The van der Waals surface area contributed by atoms with Gasteiger partial charge in [0.25, 0.3) is 5.91 Å². The standard InChI is InChI=1S/C15H19N3O3/c1-18(8-4-7-13(19)21-2)15(20)12-9-10-5-3-6-11(16)14(10)17-12/h3,5-6,9,17H,4,7-8,16H2,1-2H3. The number of hydrogen-bond donors (Lipinski definition) is 2. The zero-order valence-electron chi connectivity index (χ0n) is 12.2. The number of nitrogen functional groups attached to an aromatic ring is 1. The fourth-order valence-electron chi connectivity index (χ4n) is 2.16. The quantitative estimate of drug-likeness (QED) is 0.648. The smallest absolute Gasteiger partial charge is 0.305 e. The summed E-state index contributed by atoms with van der Waals surface area (Å²) in [5, 5.41) is 0.904. The lowest BCUT2D eigenvalue weighted by Crippen LogP contribution is -2.28. The number of carbonyl (C=O) groups is 2. The average molecular weight is 289 g/mol. The number of nitrogens with two attached hydrogens (primary N) is 1. The Balaban J connectivity index is 2.04. The van der Waals surface area contributed by atoms with Gasteiger partial charge < -0.3 is 20.4 Å². The molecule has 1 aromatic heterocycles. The molecule has 0 saturated carbocycles. The summed E-state index contributed by atoms with van der Waals surface area (Å²) in [5.74, 6) is -0.398. The van der Waals surface area contributed by atoms with Crippen molar-refractivity contribution in [3.63, 3.8) is 0 Å². The number of methoxy groups -OCH3 is 1. The highest BCUT2D eigenvalue weighted by molar-refractivity contribution is 6.00. The van der Waals surface area contributed by atoms with Crippen molar-refractivity contribution >= 4 is 28.5 Å². The van der Waals surface area contributed by atoms with Crippen LogP contribution in [0, 0.1) is 0 Å². The van der Waals surface area contributed by atoms with Gasteiger partial charge >= 0.3 is 5.97 Å². The number of hydrogen-bond acceptors (Lipinski definition) is 4. The van der Waals surface area contributed by atoms with E-state index in [4.69, 9.17) is 5.73 Å². The third-order valence-corrected chi connectivity index (χ3v) is 3.37. The second-order valence-corrected chi connectivity index (χ2v) is 4.90. The molecule has 1 amide bonds. The van der Waals surface area contributed by atoms with E-state index in [-0.39, 0.29) is 11.9 Å². The highest BCUT2D eigenvalue weighted by Gasteiger charge is 2.15. The van der Waals surface area contributed by atoms with E-state index in [2.05, 4.69) is 9.72 Å². The molecular weight excluding hydrogens is 270 g/mol. The number of esters is 1. The lowest BCUT2D eigenvalue weighted by atomic mass is 10.2. The zero-order valence-corrected chi connectivity index (χ0v) is 12.2. The Morgan fingerprint density at radius 3 is 2.81 bits per heavy atom. The number of nitrogens with zero attached hydrogens (tertiary/aromatic N) is 1. The Kier molecular flexibility index (Phi) is 4.47. The predicted molar refractivity (Wildman–Crippen MR) is 80.9 cm³/mol. The zero-order chi connectivity index (χ0) is 15.4. The number of aromatic nitrogens is 1. The van der Waals surface area contributed by atoms with E-state index in [1.807, 2.05) is 12.1 Å². The molecular formula is C15H19N3O3. The molecule has 0 bridgehead atoms. The number of rotatable bonds is 5. The number of carbonyl (C=O) groups excluding carboxylic acids is 2. The van der Waals surface area contributed by atoms with Crippen LogP contribution in [0.25, 0.3) is 10.9 Å². The van der Waals surface area contributed by atoms with Gasteiger partial charge in [0.1, 0.15) is 5.69 Å². The molecule has 1 aromatic carbocycles. The Hall–Kier alpha value is -2.50. The van der Waals surface area contributed by atoms with Crippen molar-refractivity contribution in [2.75, 3.05) is 26.4 Å². The van der Waals surface area contributed by atoms with Crippen molar-refractivity contribution in [3.05, 3.63) is 30.0 Å². The van der Waals surface area contributed by atoms with Crippen LogP contribution in [0.5, 0.6) is 0 Å². The number of amides is 1.